The van der Waals surface area contributed by atoms with Crippen LogP contribution in [0.15, 0.2) is 72.1 Å². The third-order valence-corrected chi connectivity index (χ3v) is 5.81. The second-order valence-corrected chi connectivity index (χ2v) is 7.50. The summed E-state index contributed by atoms with van der Waals surface area (Å²) in [6.07, 6.45) is 3.65. The van der Waals surface area contributed by atoms with E-state index >= 15 is 0 Å². The summed E-state index contributed by atoms with van der Waals surface area (Å²) < 4.78 is 2.20. The fraction of sp³-hybridized carbons (Fsp3) is 0.143. The molecule has 2 heterocycles. The molecule has 26 heavy (non-hydrogen) atoms. The number of fused-ring (bicyclic) bond motifs is 1. The van der Waals surface area contributed by atoms with Crippen LogP contribution >= 0.6 is 23.4 Å². The minimum Gasteiger partial charge on any atom is -0.313 e. The van der Waals surface area contributed by atoms with E-state index in [0.29, 0.717) is 6.54 Å². The average Bonchev–Trinajstić information content (AvgIpc) is 3.01. The zero-order chi connectivity index (χ0) is 17.9. The van der Waals surface area contributed by atoms with Crippen molar-refractivity contribution in [3.05, 3.63) is 88.7 Å². The van der Waals surface area contributed by atoms with Gasteiger partial charge >= 0.3 is 0 Å². The predicted octanol–water partition coefficient (Wildman–Crippen LogP) is 5.73. The van der Waals surface area contributed by atoms with E-state index in [0.717, 1.165) is 32.5 Å². The molecule has 4 rings (SSSR count). The molecule has 130 valence electrons. The molecule has 0 fully saturated rings. The molecule has 4 aromatic rings. The van der Waals surface area contributed by atoms with Crippen molar-refractivity contribution in [1.29, 1.82) is 0 Å². The van der Waals surface area contributed by atoms with E-state index in [1.54, 1.807) is 18.0 Å². The molecule has 0 saturated heterocycles. The van der Waals surface area contributed by atoms with Gasteiger partial charge in [0, 0.05) is 17.0 Å². The molecule has 0 aliphatic rings. The first-order chi connectivity index (χ1) is 12.7. The number of imidazole rings is 1. The Morgan fingerprint density at radius 1 is 1.00 bits per heavy atom. The molecule has 0 radical (unpaired) electrons. The molecule has 5 heteroatoms. The summed E-state index contributed by atoms with van der Waals surface area (Å²) in [5.74, 6) is 0.881. The Balaban J connectivity index is 1.70. The van der Waals surface area contributed by atoms with Gasteiger partial charge in [0.15, 0.2) is 5.16 Å². The third-order valence-electron chi connectivity index (χ3n) is 4.42. The van der Waals surface area contributed by atoms with Crippen molar-refractivity contribution in [2.24, 2.45) is 0 Å². The second-order valence-electron chi connectivity index (χ2n) is 6.15. The Labute approximate surface area is 162 Å². The van der Waals surface area contributed by atoms with Crippen molar-refractivity contribution in [3.63, 3.8) is 0 Å². The second kappa shape index (κ2) is 7.52. The van der Waals surface area contributed by atoms with Crippen LogP contribution in [0, 0.1) is 6.92 Å². The van der Waals surface area contributed by atoms with E-state index in [-0.39, 0.29) is 0 Å². The maximum absolute atomic E-state index is 6.38. The largest absolute Gasteiger partial charge is 0.313 e. The summed E-state index contributed by atoms with van der Waals surface area (Å²) in [7, 11) is 0. The Morgan fingerprint density at radius 2 is 1.77 bits per heavy atom. The van der Waals surface area contributed by atoms with Crippen LogP contribution in [0.25, 0.3) is 11.0 Å². The van der Waals surface area contributed by atoms with Gasteiger partial charge in [0.1, 0.15) is 0 Å². The van der Waals surface area contributed by atoms with Crippen molar-refractivity contribution in [2.75, 3.05) is 0 Å². The number of hydrogen-bond acceptors (Lipinski definition) is 3. The number of nitrogens with zero attached hydrogens (tertiary/aromatic N) is 3. The molecule has 0 bridgehead atoms. The topological polar surface area (TPSA) is 30.7 Å². The summed E-state index contributed by atoms with van der Waals surface area (Å²) in [5, 5.41) is 1.75. The quantitative estimate of drug-likeness (QED) is 0.414. The van der Waals surface area contributed by atoms with Gasteiger partial charge in [-0.05, 0) is 35.7 Å². The van der Waals surface area contributed by atoms with Gasteiger partial charge in [0.05, 0.1) is 23.8 Å². The molecular formula is C21H18ClN3S. The molecule has 2 aromatic heterocycles. The van der Waals surface area contributed by atoms with Crippen LogP contribution in [0.1, 0.15) is 16.7 Å². The van der Waals surface area contributed by atoms with E-state index < -0.39 is 0 Å². The van der Waals surface area contributed by atoms with Gasteiger partial charge in [0.2, 0.25) is 0 Å². The highest BCUT2D eigenvalue weighted by molar-refractivity contribution is 7.98. The SMILES string of the molecule is Cc1ccccc1CSc1nc2ccncc2n1Cc1ccccc1Cl. The number of hydrogen-bond donors (Lipinski definition) is 0. The number of benzene rings is 2. The van der Waals surface area contributed by atoms with Crippen LogP contribution in [0.5, 0.6) is 0 Å². The number of thioether (sulfide) groups is 1. The molecule has 0 aliphatic heterocycles. The predicted molar refractivity (Wildman–Crippen MR) is 109 cm³/mol. The summed E-state index contributed by atoms with van der Waals surface area (Å²) in [6.45, 7) is 2.82. The molecule has 0 atom stereocenters. The first kappa shape index (κ1) is 17.1. The number of aryl methyl sites for hydroxylation is 1. The Kier molecular flexibility index (Phi) is 4.96. The van der Waals surface area contributed by atoms with Gasteiger partial charge in [-0.15, -0.1) is 0 Å². The monoisotopic (exact) mass is 379 g/mol. The number of pyridine rings is 1. The lowest BCUT2D eigenvalue weighted by molar-refractivity contribution is 0.730. The van der Waals surface area contributed by atoms with Gasteiger partial charge < -0.3 is 4.57 Å². The molecule has 0 unspecified atom stereocenters. The molecule has 0 spiro atoms. The van der Waals surface area contributed by atoms with E-state index in [1.165, 1.54) is 11.1 Å². The summed E-state index contributed by atoms with van der Waals surface area (Å²) in [5.41, 5.74) is 5.69. The molecule has 3 nitrogen and oxygen atoms in total. The maximum atomic E-state index is 6.38. The van der Waals surface area contributed by atoms with Crippen LogP contribution in [0.3, 0.4) is 0 Å². The van der Waals surface area contributed by atoms with Gasteiger partial charge in [-0.1, -0.05) is 65.8 Å². The standard InChI is InChI=1S/C21H18ClN3S/c1-15-6-2-3-8-17(15)14-26-21-24-19-10-11-23-12-20(19)25(21)13-16-7-4-5-9-18(16)22/h2-12H,13-14H2,1H3. The van der Waals surface area contributed by atoms with Crippen LogP contribution in [0.2, 0.25) is 5.02 Å². The molecular weight excluding hydrogens is 362 g/mol. The highest BCUT2D eigenvalue weighted by Crippen LogP contribution is 2.29. The Bertz CT molecular complexity index is 1060. The summed E-state index contributed by atoms with van der Waals surface area (Å²) >= 11 is 8.13. The Hall–Kier alpha value is -2.30. The third kappa shape index (κ3) is 3.48. The average molecular weight is 380 g/mol. The smallest absolute Gasteiger partial charge is 0.169 e. The number of aromatic nitrogens is 3. The van der Waals surface area contributed by atoms with Gasteiger partial charge in [-0.2, -0.15) is 0 Å². The fourth-order valence-electron chi connectivity index (χ4n) is 2.92. The zero-order valence-corrected chi connectivity index (χ0v) is 16.0. The minimum absolute atomic E-state index is 0.679. The van der Waals surface area contributed by atoms with Crippen molar-refractivity contribution < 1.29 is 0 Å². The lowest BCUT2D eigenvalue weighted by atomic mass is 10.1. The molecule has 0 aliphatic carbocycles. The molecule has 0 saturated carbocycles. The van der Waals surface area contributed by atoms with E-state index in [1.807, 2.05) is 30.5 Å². The molecule has 2 aromatic carbocycles. The van der Waals surface area contributed by atoms with Crippen LogP contribution in [-0.4, -0.2) is 14.5 Å². The normalized spacial score (nSPS) is 11.2. The van der Waals surface area contributed by atoms with E-state index in [4.69, 9.17) is 16.6 Å². The first-order valence-electron chi connectivity index (χ1n) is 8.43. The van der Waals surface area contributed by atoms with Gasteiger partial charge in [0.25, 0.3) is 0 Å². The molecule has 0 N–H and O–H groups in total. The van der Waals surface area contributed by atoms with E-state index in [9.17, 15) is 0 Å². The van der Waals surface area contributed by atoms with Crippen molar-refractivity contribution in [2.45, 2.75) is 24.4 Å². The summed E-state index contributed by atoms with van der Waals surface area (Å²) in [6, 6.07) is 18.4. The summed E-state index contributed by atoms with van der Waals surface area (Å²) in [4.78, 5) is 9.11. The number of rotatable bonds is 5. The van der Waals surface area contributed by atoms with Crippen molar-refractivity contribution in [3.8, 4) is 0 Å². The fourth-order valence-corrected chi connectivity index (χ4v) is 4.21. The van der Waals surface area contributed by atoms with E-state index in [2.05, 4.69) is 46.8 Å². The van der Waals surface area contributed by atoms with Gasteiger partial charge in [-0.25, -0.2) is 4.98 Å². The highest BCUT2D eigenvalue weighted by Gasteiger charge is 2.13. The van der Waals surface area contributed by atoms with Crippen LogP contribution < -0.4 is 0 Å². The van der Waals surface area contributed by atoms with Crippen molar-refractivity contribution >= 4 is 34.4 Å². The maximum Gasteiger partial charge on any atom is 0.169 e. The number of halogens is 1. The first-order valence-corrected chi connectivity index (χ1v) is 9.79. The van der Waals surface area contributed by atoms with Crippen molar-refractivity contribution in [1.82, 2.24) is 14.5 Å². The lowest BCUT2D eigenvalue weighted by Gasteiger charge is -2.11. The Morgan fingerprint density at radius 3 is 2.58 bits per heavy atom. The highest BCUT2D eigenvalue weighted by atomic mass is 35.5. The zero-order valence-electron chi connectivity index (χ0n) is 14.4. The van der Waals surface area contributed by atoms with Crippen LogP contribution in [-0.2, 0) is 12.3 Å². The lowest BCUT2D eigenvalue weighted by Crippen LogP contribution is -2.02. The molecule has 0 amide bonds. The van der Waals surface area contributed by atoms with Gasteiger partial charge in [-0.3, -0.25) is 4.98 Å². The minimum atomic E-state index is 0.679. The van der Waals surface area contributed by atoms with Crippen LogP contribution in [0.4, 0.5) is 0 Å².